The van der Waals surface area contributed by atoms with Crippen molar-refractivity contribution in [2.45, 2.75) is 26.8 Å². The average Bonchev–Trinajstić information content (AvgIpc) is 2.66. The quantitative estimate of drug-likeness (QED) is 0.505. The first-order chi connectivity index (χ1) is 12.7. The third-order valence-corrected chi connectivity index (χ3v) is 3.88. The number of carbonyl (C=O) groups is 1. The van der Waals surface area contributed by atoms with Crippen molar-refractivity contribution in [2.24, 2.45) is 4.99 Å². The number of carbonyl (C=O) groups excluding carboxylic acids is 1. The summed E-state index contributed by atoms with van der Waals surface area (Å²) in [6, 6.07) is 18.4. The van der Waals surface area contributed by atoms with E-state index in [4.69, 9.17) is 0 Å². The lowest BCUT2D eigenvalue weighted by Crippen LogP contribution is -2.43. The first-order valence-corrected chi connectivity index (χ1v) is 9.05. The lowest BCUT2D eigenvalue weighted by atomic mass is 10.1. The summed E-state index contributed by atoms with van der Waals surface area (Å²) in [6.45, 7) is 6.22. The Morgan fingerprint density at radius 2 is 1.65 bits per heavy atom. The first-order valence-electron chi connectivity index (χ1n) is 9.05. The summed E-state index contributed by atoms with van der Waals surface area (Å²) in [4.78, 5) is 16.5. The zero-order chi connectivity index (χ0) is 18.6. The number of nitrogens with zero attached hydrogens (tertiary/aromatic N) is 1. The minimum atomic E-state index is -0.0399. The summed E-state index contributed by atoms with van der Waals surface area (Å²) in [5.74, 6) is 0.605. The summed E-state index contributed by atoms with van der Waals surface area (Å²) >= 11 is 0. The lowest BCUT2D eigenvalue weighted by Gasteiger charge is -2.11. The molecule has 0 saturated carbocycles. The molecule has 138 valence electrons. The Balaban J connectivity index is 1.74. The molecule has 2 rings (SSSR count). The highest BCUT2D eigenvalue weighted by molar-refractivity contribution is 5.86. The van der Waals surface area contributed by atoms with Crippen molar-refractivity contribution in [2.75, 3.05) is 19.6 Å². The minimum absolute atomic E-state index is 0.0399. The molecule has 0 unspecified atom stereocenters. The van der Waals surface area contributed by atoms with E-state index in [0.717, 1.165) is 18.5 Å². The molecule has 0 spiro atoms. The molecule has 2 aromatic rings. The van der Waals surface area contributed by atoms with Crippen LogP contribution in [0.15, 0.2) is 59.6 Å². The molecule has 0 bridgehead atoms. The largest absolute Gasteiger partial charge is 0.357 e. The maximum Gasteiger partial charge on any atom is 0.239 e. The Morgan fingerprint density at radius 3 is 2.35 bits per heavy atom. The number of nitrogens with one attached hydrogen (secondary N) is 3. The molecule has 0 heterocycles. The van der Waals surface area contributed by atoms with Gasteiger partial charge in [0.05, 0.1) is 13.1 Å². The molecule has 0 fully saturated rings. The van der Waals surface area contributed by atoms with Gasteiger partial charge in [-0.15, -0.1) is 0 Å². The van der Waals surface area contributed by atoms with E-state index in [2.05, 4.69) is 64.3 Å². The van der Waals surface area contributed by atoms with Crippen molar-refractivity contribution in [1.82, 2.24) is 16.0 Å². The number of hydrogen-bond acceptors (Lipinski definition) is 2. The Bertz CT molecular complexity index is 696. The van der Waals surface area contributed by atoms with Crippen LogP contribution in [0.3, 0.4) is 0 Å². The van der Waals surface area contributed by atoms with Crippen molar-refractivity contribution in [1.29, 1.82) is 0 Å². The molecule has 0 radical (unpaired) electrons. The van der Waals surface area contributed by atoms with Gasteiger partial charge in [0.15, 0.2) is 5.96 Å². The van der Waals surface area contributed by atoms with E-state index >= 15 is 0 Å². The van der Waals surface area contributed by atoms with E-state index in [1.165, 1.54) is 11.1 Å². The van der Waals surface area contributed by atoms with Crippen LogP contribution in [0, 0.1) is 6.92 Å². The molecule has 0 aliphatic rings. The number of aliphatic imine (C=N–C) groups is 1. The molecule has 0 atom stereocenters. The van der Waals surface area contributed by atoms with Gasteiger partial charge in [-0.1, -0.05) is 60.2 Å². The van der Waals surface area contributed by atoms with E-state index in [9.17, 15) is 4.79 Å². The summed E-state index contributed by atoms with van der Waals surface area (Å²) < 4.78 is 0. The van der Waals surface area contributed by atoms with Gasteiger partial charge in [0.1, 0.15) is 0 Å². The number of guanidine groups is 1. The van der Waals surface area contributed by atoms with Crippen LogP contribution in [0.1, 0.15) is 23.6 Å². The first kappa shape index (κ1) is 19.5. The fourth-order valence-electron chi connectivity index (χ4n) is 2.42. The van der Waals surface area contributed by atoms with E-state index in [1.54, 1.807) is 0 Å². The van der Waals surface area contributed by atoms with Crippen molar-refractivity contribution in [3.8, 4) is 0 Å². The van der Waals surface area contributed by atoms with Crippen LogP contribution in [-0.4, -0.2) is 31.5 Å². The van der Waals surface area contributed by atoms with Gasteiger partial charge >= 0.3 is 0 Å². The molecule has 0 aliphatic carbocycles. The van der Waals surface area contributed by atoms with E-state index in [1.807, 2.05) is 25.1 Å². The average molecular weight is 352 g/mol. The molecular formula is C21H28N4O. The predicted octanol–water partition coefficient (Wildman–Crippen LogP) is 2.41. The molecule has 0 saturated heterocycles. The third kappa shape index (κ3) is 7.38. The summed E-state index contributed by atoms with van der Waals surface area (Å²) in [5, 5.41) is 9.16. The number of benzene rings is 2. The molecule has 0 aromatic heterocycles. The number of aryl methyl sites for hydroxylation is 1. The van der Waals surface area contributed by atoms with Gasteiger partial charge in [0, 0.05) is 13.1 Å². The van der Waals surface area contributed by atoms with Crippen LogP contribution in [0.25, 0.3) is 0 Å². The van der Waals surface area contributed by atoms with Gasteiger partial charge in [-0.25, -0.2) is 4.99 Å². The highest BCUT2D eigenvalue weighted by Gasteiger charge is 2.03. The molecule has 5 heteroatoms. The third-order valence-electron chi connectivity index (χ3n) is 3.88. The topological polar surface area (TPSA) is 65.5 Å². The Hall–Kier alpha value is -2.82. The standard InChI is InChI=1S/C21H28N4O/c1-3-22-21(24-15-19-11-9-17(2)10-12-19)25-16-20(26)23-14-13-18-7-5-4-6-8-18/h4-12H,3,13-16H2,1-2H3,(H,23,26)(H2,22,24,25). The SMILES string of the molecule is CCNC(=NCc1ccc(C)cc1)NCC(=O)NCCc1ccccc1. The van der Waals surface area contributed by atoms with Gasteiger partial charge in [0.25, 0.3) is 0 Å². The maximum absolute atomic E-state index is 12.0. The second-order valence-electron chi connectivity index (χ2n) is 6.12. The zero-order valence-electron chi connectivity index (χ0n) is 15.6. The second kappa shape index (κ2) is 10.9. The Morgan fingerprint density at radius 1 is 0.923 bits per heavy atom. The number of rotatable bonds is 8. The Kier molecular flexibility index (Phi) is 8.19. The molecule has 1 amide bonds. The van der Waals surface area contributed by atoms with Gasteiger partial charge < -0.3 is 16.0 Å². The van der Waals surface area contributed by atoms with Crippen molar-refractivity contribution >= 4 is 11.9 Å². The van der Waals surface area contributed by atoms with Crippen molar-refractivity contribution < 1.29 is 4.79 Å². The van der Waals surface area contributed by atoms with E-state index in [-0.39, 0.29) is 12.5 Å². The molecule has 3 N–H and O–H groups in total. The summed E-state index contributed by atoms with van der Waals surface area (Å²) in [5.41, 5.74) is 3.59. The van der Waals surface area contributed by atoms with Crippen molar-refractivity contribution in [3.63, 3.8) is 0 Å². The highest BCUT2D eigenvalue weighted by Crippen LogP contribution is 2.04. The molecular weight excluding hydrogens is 324 g/mol. The van der Waals surface area contributed by atoms with Crippen molar-refractivity contribution in [3.05, 3.63) is 71.3 Å². The molecule has 0 aliphatic heterocycles. The Labute approximate surface area is 155 Å². The summed E-state index contributed by atoms with van der Waals surface area (Å²) in [7, 11) is 0. The van der Waals surface area contributed by atoms with E-state index in [0.29, 0.717) is 19.0 Å². The monoisotopic (exact) mass is 352 g/mol. The van der Waals surface area contributed by atoms with Crippen LogP contribution < -0.4 is 16.0 Å². The van der Waals surface area contributed by atoms with Crippen LogP contribution in [0.2, 0.25) is 0 Å². The second-order valence-corrected chi connectivity index (χ2v) is 6.12. The van der Waals surface area contributed by atoms with Crippen LogP contribution >= 0.6 is 0 Å². The highest BCUT2D eigenvalue weighted by atomic mass is 16.1. The van der Waals surface area contributed by atoms with Crippen LogP contribution in [-0.2, 0) is 17.8 Å². The van der Waals surface area contributed by atoms with Gasteiger partial charge in [0.2, 0.25) is 5.91 Å². The normalized spacial score (nSPS) is 11.1. The minimum Gasteiger partial charge on any atom is -0.357 e. The van der Waals surface area contributed by atoms with Gasteiger partial charge in [-0.2, -0.15) is 0 Å². The van der Waals surface area contributed by atoms with Crippen LogP contribution in [0.4, 0.5) is 0 Å². The summed E-state index contributed by atoms with van der Waals surface area (Å²) in [6.07, 6.45) is 0.828. The molecule has 2 aromatic carbocycles. The van der Waals surface area contributed by atoms with Gasteiger partial charge in [-0.05, 0) is 31.4 Å². The fourth-order valence-corrected chi connectivity index (χ4v) is 2.42. The number of amides is 1. The van der Waals surface area contributed by atoms with Gasteiger partial charge in [-0.3, -0.25) is 4.79 Å². The van der Waals surface area contributed by atoms with E-state index < -0.39 is 0 Å². The molecule has 26 heavy (non-hydrogen) atoms. The lowest BCUT2D eigenvalue weighted by molar-refractivity contribution is -0.119. The van der Waals surface area contributed by atoms with Crippen LogP contribution in [0.5, 0.6) is 0 Å². The molecule has 5 nitrogen and oxygen atoms in total. The maximum atomic E-state index is 12.0. The smallest absolute Gasteiger partial charge is 0.239 e. The predicted molar refractivity (Wildman–Crippen MR) is 107 cm³/mol. The number of hydrogen-bond donors (Lipinski definition) is 3. The zero-order valence-corrected chi connectivity index (χ0v) is 15.6. The fraction of sp³-hybridized carbons (Fsp3) is 0.333.